The number of methoxy groups -OCH3 is 1. The Hall–Kier alpha value is -2.93. The molecule has 1 N–H and O–H groups in total. The van der Waals surface area contributed by atoms with Crippen molar-refractivity contribution in [2.45, 2.75) is 20.1 Å². The van der Waals surface area contributed by atoms with E-state index in [1.54, 1.807) is 24.1 Å². The van der Waals surface area contributed by atoms with Crippen LogP contribution in [0.4, 0.5) is 14.9 Å². The average molecular weight is 399 g/mol. The van der Waals surface area contributed by atoms with Crippen molar-refractivity contribution >= 4 is 17.5 Å². The number of carbonyl (C=O) groups is 2. The number of hydrogen-bond donors (Lipinski definition) is 1. The molecule has 1 aliphatic rings. The normalized spacial score (nSPS) is 14.0. The fourth-order valence-corrected chi connectivity index (χ4v) is 3.44. The number of piperazine rings is 1. The SMILES string of the molecule is COCc1ccccc1CNC(=O)N1CCN(c2ccc(C(C)=O)cc2F)CC1. The monoisotopic (exact) mass is 399 g/mol. The summed E-state index contributed by atoms with van der Waals surface area (Å²) >= 11 is 0. The molecule has 0 aliphatic carbocycles. The largest absolute Gasteiger partial charge is 0.380 e. The Balaban J connectivity index is 1.54. The molecule has 1 saturated heterocycles. The maximum absolute atomic E-state index is 14.4. The molecule has 0 saturated carbocycles. The van der Waals surface area contributed by atoms with Crippen molar-refractivity contribution in [1.29, 1.82) is 0 Å². The second-order valence-electron chi connectivity index (χ2n) is 7.06. The van der Waals surface area contributed by atoms with Crippen LogP contribution in [0.25, 0.3) is 0 Å². The molecule has 0 spiro atoms. The predicted octanol–water partition coefficient (Wildman–Crippen LogP) is 3.21. The Kier molecular flexibility index (Phi) is 6.82. The Labute approximate surface area is 170 Å². The van der Waals surface area contributed by atoms with Gasteiger partial charge in [0, 0.05) is 45.4 Å². The lowest BCUT2D eigenvalue weighted by molar-refractivity contribution is 0.101. The third-order valence-electron chi connectivity index (χ3n) is 5.11. The number of rotatable bonds is 6. The highest BCUT2D eigenvalue weighted by Crippen LogP contribution is 2.22. The second-order valence-corrected chi connectivity index (χ2v) is 7.06. The summed E-state index contributed by atoms with van der Waals surface area (Å²) in [5, 5.41) is 2.95. The smallest absolute Gasteiger partial charge is 0.317 e. The minimum atomic E-state index is -0.412. The van der Waals surface area contributed by atoms with Crippen molar-refractivity contribution in [3.8, 4) is 0 Å². The zero-order chi connectivity index (χ0) is 20.8. The van der Waals surface area contributed by atoms with Crippen LogP contribution in [-0.4, -0.2) is 50.0 Å². The van der Waals surface area contributed by atoms with Gasteiger partial charge in [0.15, 0.2) is 5.78 Å². The van der Waals surface area contributed by atoms with E-state index >= 15 is 0 Å². The van der Waals surface area contributed by atoms with Crippen LogP contribution in [0.5, 0.6) is 0 Å². The van der Waals surface area contributed by atoms with Gasteiger partial charge in [-0.15, -0.1) is 0 Å². The zero-order valence-corrected chi connectivity index (χ0v) is 16.8. The number of hydrogen-bond acceptors (Lipinski definition) is 4. The summed E-state index contributed by atoms with van der Waals surface area (Å²) < 4.78 is 19.6. The van der Waals surface area contributed by atoms with Gasteiger partial charge >= 0.3 is 6.03 Å². The maximum atomic E-state index is 14.4. The first kappa shape index (κ1) is 20.8. The van der Waals surface area contributed by atoms with Crippen molar-refractivity contribution in [3.05, 3.63) is 65.0 Å². The Morgan fingerprint density at radius 1 is 1.07 bits per heavy atom. The van der Waals surface area contributed by atoms with Crippen LogP contribution in [0.1, 0.15) is 28.4 Å². The molecule has 154 valence electrons. The summed E-state index contributed by atoms with van der Waals surface area (Å²) in [5.41, 5.74) is 2.89. The molecule has 2 amide bonds. The lowest BCUT2D eigenvalue weighted by Gasteiger charge is -2.36. The Bertz CT molecular complexity index is 879. The number of amides is 2. The fourth-order valence-electron chi connectivity index (χ4n) is 3.44. The van der Waals surface area contributed by atoms with E-state index in [0.29, 0.717) is 50.6 Å². The van der Waals surface area contributed by atoms with Crippen LogP contribution in [0, 0.1) is 5.82 Å². The molecule has 1 aliphatic heterocycles. The molecular formula is C22H26FN3O3. The second kappa shape index (κ2) is 9.52. The van der Waals surface area contributed by atoms with Crippen LogP contribution in [0.3, 0.4) is 0 Å². The molecule has 2 aromatic carbocycles. The fraction of sp³-hybridized carbons (Fsp3) is 0.364. The van der Waals surface area contributed by atoms with Gasteiger partial charge in [-0.2, -0.15) is 0 Å². The van der Waals surface area contributed by atoms with Crippen LogP contribution >= 0.6 is 0 Å². The van der Waals surface area contributed by atoms with E-state index in [9.17, 15) is 14.0 Å². The van der Waals surface area contributed by atoms with Gasteiger partial charge in [-0.25, -0.2) is 9.18 Å². The average Bonchev–Trinajstić information content (AvgIpc) is 2.73. The summed E-state index contributed by atoms with van der Waals surface area (Å²) in [6.07, 6.45) is 0. The van der Waals surface area contributed by atoms with Crippen LogP contribution in [0.2, 0.25) is 0 Å². The molecule has 1 heterocycles. The number of anilines is 1. The predicted molar refractivity (Wildman–Crippen MR) is 110 cm³/mol. The van der Waals surface area contributed by atoms with E-state index < -0.39 is 5.82 Å². The van der Waals surface area contributed by atoms with Gasteiger partial charge in [0.1, 0.15) is 5.82 Å². The zero-order valence-electron chi connectivity index (χ0n) is 16.8. The van der Waals surface area contributed by atoms with Gasteiger partial charge in [-0.05, 0) is 36.2 Å². The quantitative estimate of drug-likeness (QED) is 0.758. The number of nitrogens with one attached hydrogen (secondary N) is 1. The van der Waals surface area contributed by atoms with Gasteiger partial charge in [0.2, 0.25) is 0 Å². The van der Waals surface area contributed by atoms with Crippen molar-refractivity contribution in [3.63, 3.8) is 0 Å². The van der Waals surface area contributed by atoms with Crippen molar-refractivity contribution < 1.29 is 18.7 Å². The summed E-state index contributed by atoms with van der Waals surface area (Å²) in [5.74, 6) is -0.575. The van der Waals surface area contributed by atoms with Gasteiger partial charge in [0.25, 0.3) is 0 Å². The highest BCUT2D eigenvalue weighted by Gasteiger charge is 2.23. The Morgan fingerprint density at radius 2 is 1.76 bits per heavy atom. The van der Waals surface area contributed by atoms with Crippen molar-refractivity contribution in [2.75, 3.05) is 38.2 Å². The van der Waals surface area contributed by atoms with E-state index in [2.05, 4.69) is 5.32 Å². The minimum absolute atomic E-state index is 0.135. The number of ketones is 1. The van der Waals surface area contributed by atoms with Crippen LogP contribution in [0.15, 0.2) is 42.5 Å². The number of ether oxygens (including phenoxy) is 1. The molecule has 3 rings (SSSR count). The molecule has 0 radical (unpaired) electrons. The molecule has 0 aromatic heterocycles. The van der Waals surface area contributed by atoms with E-state index in [1.807, 2.05) is 29.2 Å². The highest BCUT2D eigenvalue weighted by atomic mass is 19.1. The van der Waals surface area contributed by atoms with Gasteiger partial charge < -0.3 is 19.9 Å². The summed E-state index contributed by atoms with van der Waals surface area (Å²) in [6, 6.07) is 12.2. The first-order chi connectivity index (χ1) is 14.0. The van der Waals surface area contributed by atoms with Gasteiger partial charge in [-0.3, -0.25) is 4.79 Å². The molecule has 1 fully saturated rings. The summed E-state index contributed by atoms with van der Waals surface area (Å²) in [4.78, 5) is 27.5. The van der Waals surface area contributed by atoms with Crippen molar-refractivity contribution in [2.24, 2.45) is 0 Å². The first-order valence-electron chi connectivity index (χ1n) is 9.63. The molecule has 6 nitrogen and oxygen atoms in total. The number of carbonyl (C=O) groups excluding carboxylic acids is 2. The number of benzene rings is 2. The molecule has 2 aromatic rings. The third kappa shape index (κ3) is 5.12. The first-order valence-corrected chi connectivity index (χ1v) is 9.63. The third-order valence-corrected chi connectivity index (χ3v) is 5.11. The summed E-state index contributed by atoms with van der Waals surface area (Å²) in [6.45, 7) is 4.41. The number of halogens is 1. The van der Waals surface area contributed by atoms with Crippen LogP contribution in [-0.2, 0) is 17.9 Å². The maximum Gasteiger partial charge on any atom is 0.317 e. The minimum Gasteiger partial charge on any atom is -0.380 e. The topological polar surface area (TPSA) is 61.9 Å². The van der Waals surface area contributed by atoms with Crippen molar-refractivity contribution in [1.82, 2.24) is 10.2 Å². The van der Waals surface area contributed by atoms with Gasteiger partial charge in [0.05, 0.1) is 12.3 Å². The lowest BCUT2D eigenvalue weighted by Crippen LogP contribution is -2.52. The molecule has 0 atom stereocenters. The lowest BCUT2D eigenvalue weighted by atomic mass is 10.1. The molecule has 0 bridgehead atoms. The molecule has 0 unspecified atom stereocenters. The molecular weight excluding hydrogens is 373 g/mol. The standard InChI is InChI=1S/C22H26FN3O3/c1-16(27)17-7-8-21(20(23)13-17)25-9-11-26(12-10-25)22(28)24-14-18-5-3-4-6-19(18)15-29-2/h3-8,13H,9-12,14-15H2,1-2H3,(H,24,28). The summed E-state index contributed by atoms with van der Waals surface area (Å²) in [7, 11) is 1.64. The number of urea groups is 1. The highest BCUT2D eigenvalue weighted by molar-refractivity contribution is 5.94. The van der Waals surface area contributed by atoms with Crippen LogP contribution < -0.4 is 10.2 Å². The number of nitrogens with zero attached hydrogens (tertiary/aromatic N) is 2. The Morgan fingerprint density at radius 3 is 2.38 bits per heavy atom. The van der Waals surface area contributed by atoms with E-state index in [4.69, 9.17) is 4.74 Å². The molecule has 7 heteroatoms. The van der Waals surface area contributed by atoms with E-state index in [1.165, 1.54) is 13.0 Å². The van der Waals surface area contributed by atoms with E-state index in [0.717, 1.165) is 11.1 Å². The molecule has 29 heavy (non-hydrogen) atoms. The van der Waals surface area contributed by atoms with Gasteiger partial charge in [-0.1, -0.05) is 24.3 Å². The van der Waals surface area contributed by atoms with E-state index in [-0.39, 0.29) is 11.8 Å². The number of Topliss-reactive ketones (excluding diaryl/α,β-unsaturated/α-hetero) is 1.